The molecule has 27 heavy (non-hydrogen) atoms. The number of esters is 1. The third-order valence-electron chi connectivity index (χ3n) is 5.20. The van der Waals surface area contributed by atoms with Crippen LogP contribution in [0.2, 0.25) is 19.6 Å². The van der Waals surface area contributed by atoms with Gasteiger partial charge in [-0.05, 0) is 45.3 Å². The van der Waals surface area contributed by atoms with Crippen LogP contribution in [-0.4, -0.2) is 40.2 Å². The Labute approximate surface area is 168 Å². The Balaban J connectivity index is 1.77. The number of epoxide rings is 1. The van der Waals surface area contributed by atoms with Crippen molar-refractivity contribution in [2.45, 2.75) is 122 Å². The normalized spacial score (nSPS) is 19.3. The molecule has 0 unspecified atom stereocenters. The molecule has 0 spiro atoms. The average Bonchev–Trinajstić information content (AvgIpc) is 3.36. The number of carbonyl (C=O) groups excluding carboxylic acids is 1. The van der Waals surface area contributed by atoms with Gasteiger partial charge in [0.1, 0.15) is 0 Å². The average molecular weight is 401 g/mol. The zero-order chi connectivity index (χ0) is 20.0. The second kappa shape index (κ2) is 14.6. The monoisotopic (exact) mass is 400 g/mol. The number of rotatable bonds is 18. The summed E-state index contributed by atoms with van der Waals surface area (Å²) in [5.41, 5.74) is 0. The highest BCUT2D eigenvalue weighted by Crippen LogP contribution is 2.31. The molecule has 0 bridgehead atoms. The summed E-state index contributed by atoms with van der Waals surface area (Å²) in [6, 6.07) is 0. The molecule has 1 aliphatic heterocycles. The van der Waals surface area contributed by atoms with Crippen LogP contribution < -0.4 is 0 Å². The second-order valence-corrected chi connectivity index (χ2v) is 13.5. The van der Waals surface area contributed by atoms with Gasteiger partial charge in [0.15, 0.2) is 8.32 Å². The molecule has 2 atom stereocenters. The third-order valence-corrected chi connectivity index (χ3v) is 6.27. The predicted molar refractivity (Wildman–Crippen MR) is 115 cm³/mol. The number of unbranched alkanes of at least 4 members (excludes halogenated alkanes) is 9. The van der Waals surface area contributed by atoms with Crippen molar-refractivity contribution in [3.8, 4) is 0 Å². The maximum atomic E-state index is 11.0. The highest BCUT2D eigenvalue weighted by Gasteiger charge is 2.36. The van der Waals surface area contributed by atoms with Crippen molar-refractivity contribution in [1.82, 2.24) is 0 Å². The van der Waals surface area contributed by atoms with Crippen LogP contribution in [-0.2, 0) is 18.7 Å². The lowest BCUT2D eigenvalue weighted by atomic mass is 10.0. The zero-order valence-electron chi connectivity index (χ0n) is 18.4. The molecule has 0 N–H and O–H groups in total. The maximum absolute atomic E-state index is 11.0. The fourth-order valence-electron chi connectivity index (χ4n) is 3.47. The molecule has 0 aromatic carbocycles. The summed E-state index contributed by atoms with van der Waals surface area (Å²) in [6.45, 7) is 7.73. The largest absolute Gasteiger partial charge is 0.469 e. The molecule has 1 heterocycles. The van der Waals surface area contributed by atoms with E-state index in [-0.39, 0.29) is 5.97 Å². The quantitative estimate of drug-likeness (QED) is 0.118. The molecule has 0 radical (unpaired) electrons. The molecule has 1 aliphatic rings. The van der Waals surface area contributed by atoms with E-state index in [9.17, 15) is 4.79 Å². The molecule has 0 aliphatic carbocycles. The number of hydrogen-bond acceptors (Lipinski definition) is 4. The summed E-state index contributed by atoms with van der Waals surface area (Å²) in [7, 11) is 0.153. The Morgan fingerprint density at radius 1 is 0.778 bits per heavy atom. The molecule has 4 nitrogen and oxygen atoms in total. The summed E-state index contributed by atoms with van der Waals surface area (Å²) in [6.07, 6.45) is 17.9. The van der Waals surface area contributed by atoms with Gasteiger partial charge in [-0.25, -0.2) is 0 Å². The Morgan fingerprint density at radius 2 is 1.26 bits per heavy atom. The minimum Gasteiger partial charge on any atom is -0.469 e. The summed E-state index contributed by atoms with van der Waals surface area (Å²) in [4.78, 5) is 11.0. The highest BCUT2D eigenvalue weighted by molar-refractivity contribution is 6.69. The first kappa shape index (κ1) is 24.6. The highest BCUT2D eigenvalue weighted by atomic mass is 28.4. The van der Waals surface area contributed by atoms with Gasteiger partial charge < -0.3 is 13.9 Å². The first-order valence-corrected chi connectivity index (χ1v) is 14.7. The van der Waals surface area contributed by atoms with Gasteiger partial charge in [-0.15, -0.1) is 0 Å². The molecule has 0 aromatic heterocycles. The number of methoxy groups -OCH3 is 1. The predicted octanol–water partition coefficient (Wildman–Crippen LogP) is 6.24. The van der Waals surface area contributed by atoms with Gasteiger partial charge in [0.2, 0.25) is 0 Å². The minimum absolute atomic E-state index is 0.0831. The van der Waals surface area contributed by atoms with Crippen LogP contribution in [0.4, 0.5) is 0 Å². The fourth-order valence-corrected chi connectivity index (χ4v) is 4.22. The summed E-state index contributed by atoms with van der Waals surface area (Å²) < 4.78 is 16.3. The van der Waals surface area contributed by atoms with E-state index in [4.69, 9.17) is 9.16 Å². The third kappa shape index (κ3) is 15.2. The number of carbonyl (C=O) groups is 1. The molecule has 0 saturated carbocycles. The van der Waals surface area contributed by atoms with Crippen molar-refractivity contribution in [2.75, 3.05) is 13.7 Å². The lowest BCUT2D eigenvalue weighted by Crippen LogP contribution is -2.25. The zero-order valence-corrected chi connectivity index (χ0v) is 19.4. The Morgan fingerprint density at radius 3 is 1.78 bits per heavy atom. The van der Waals surface area contributed by atoms with Crippen molar-refractivity contribution in [2.24, 2.45) is 0 Å². The van der Waals surface area contributed by atoms with Crippen LogP contribution in [0.15, 0.2) is 0 Å². The van der Waals surface area contributed by atoms with Crippen molar-refractivity contribution in [3.63, 3.8) is 0 Å². The van der Waals surface area contributed by atoms with Crippen LogP contribution >= 0.6 is 0 Å². The van der Waals surface area contributed by atoms with Gasteiger partial charge in [0, 0.05) is 13.0 Å². The fraction of sp³-hybridized carbons (Fsp3) is 0.955. The van der Waals surface area contributed by atoms with E-state index in [2.05, 4.69) is 24.4 Å². The Kier molecular flexibility index (Phi) is 13.3. The van der Waals surface area contributed by atoms with Gasteiger partial charge in [-0.3, -0.25) is 4.79 Å². The molecular weight excluding hydrogens is 356 g/mol. The first-order chi connectivity index (χ1) is 12.9. The summed E-state index contributed by atoms with van der Waals surface area (Å²) in [5, 5.41) is 0. The van der Waals surface area contributed by atoms with Crippen LogP contribution in [0.25, 0.3) is 0 Å². The molecule has 0 amide bonds. The topological polar surface area (TPSA) is 48.1 Å². The van der Waals surface area contributed by atoms with Crippen molar-refractivity contribution in [1.29, 1.82) is 0 Å². The lowest BCUT2D eigenvalue weighted by molar-refractivity contribution is -0.140. The van der Waals surface area contributed by atoms with E-state index in [1.807, 2.05) is 0 Å². The molecule has 1 saturated heterocycles. The van der Waals surface area contributed by atoms with E-state index in [0.717, 1.165) is 19.4 Å². The maximum Gasteiger partial charge on any atom is 0.305 e. The first-order valence-electron chi connectivity index (χ1n) is 11.3. The smallest absolute Gasteiger partial charge is 0.305 e. The van der Waals surface area contributed by atoms with Crippen LogP contribution in [0.1, 0.15) is 89.9 Å². The second-order valence-electron chi connectivity index (χ2n) is 8.97. The Hall–Kier alpha value is -0.393. The minimum atomic E-state index is -1.31. The van der Waals surface area contributed by atoms with Crippen LogP contribution in [0.3, 0.4) is 0 Å². The summed E-state index contributed by atoms with van der Waals surface area (Å²) >= 11 is 0. The SMILES string of the molecule is COC(=O)CCCCCCC[C@@H]1O[C@@H]1CCCCCCCCO[Si](C)(C)C. The van der Waals surface area contributed by atoms with E-state index in [0.29, 0.717) is 18.6 Å². The van der Waals surface area contributed by atoms with Crippen LogP contribution in [0.5, 0.6) is 0 Å². The standard InChI is InChI=1S/C22H44O4Si/c1-24-22(23)18-14-10-7-9-13-17-21-20(26-21)16-12-8-5-6-11-15-19-25-27(2,3)4/h20-21H,5-19H2,1-4H3/t20-,21+/m1/s1. The number of hydrogen-bond donors (Lipinski definition) is 0. The molecule has 5 heteroatoms. The lowest BCUT2D eigenvalue weighted by Gasteiger charge is -2.16. The van der Waals surface area contributed by atoms with Gasteiger partial charge in [-0.1, -0.05) is 57.8 Å². The van der Waals surface area contributed by atoms with Crippen LogP contribution in [0, 0.1) is 0 Å². The molecular formula is C22H44O4Si. The Bertz CT molecular complexity index is 381. The van der Waals surface area contributed by atoms with E-state index in [1.54, 1.807) is 0 Å². The van der Waals surface area contributed by atoms with E-state index < -0.39 is 8.32 Å². The summed E-state index contributed by atoms with van der Waals surface area (Å²) in [5.74, 6) is -0.0831. The van der Waals surface area contributed by atoms with Crippen molar-refractivity contribution in [3.05, 3.63) is 0 Å². The molecule has 1 fully saturated rings. The molecule has 0 aromatic rings. The molecule has 1 rings (SSSR count). The van der Waals surface area contributed by atoms with E-state index in [1.165, 1.54) is 77.7 Å². The van der Waals surface area contributed by atoms with Crippen molar-refractivity contribution >= 4 is 14.3 Å². The van der Waals surface area contributed by atoms with Crippen molar-refractivity contribution < 1.29 is 18.7 Å². The number of ether oxygens (including phenoxy) is 2. The van der Waals surface area contributed by atoms with Gasteiger partial charge in [0.25, 0.3) is 0 Å². The van der Waals surface area contributed by atoms with Gasteiger partial charge >= 0.3 is 5.97 Å². The van der Waals surface area contributed by atoms with Gasteiger partial charge in [-0.2, -0.15) is 0 Å². The van der Waals surface area contributed by atoms with Gasteiger partial charge in [0.05, 0.1) is 19.3 Å². The molecule has 160 valence electrons. The van der Waals surface area contributed by atoms with E-state index >= 15 is 0 Å².